The largest absolute Gasteiger partial charge is 0.352 e. The molecule has 2 fully saturated rings. The van der Waals surface area contributed by atoms with E-state index in [1.807, 2.05) is 19.2 Å². The van der Waals surface area contributed by atoms with Gasteiger partial charge in [-0.05, 0) is 37.9 Å². The Morgan fingerprint density at radius 3 is 2.88 bits per heavy atom. The van der Waals surface area contributed by atoms with Crippen LogP contribution < -0.4 is 10.2 Å². The Balaban J connectivity index is 1.45. The van der Waals surface area contributed by atoms with Gasteiger partial charge >= 0.3 is 0 Å². The summed E-state index contributed by atoms with van der Waals surface area (Å²) in [5.41, 5.74) is 2.34. The van der Waals surface area contributed by atoms with Gasteiger partial charge in [0.15, 0.2) is 0 Å². The quantitative estimate of drug-likeness (QED) is 0.882. The Morgan fingerprint density at radius 2 is 2.24 bits per heavy atom. The molecule has 0 atom stereocenters. The lowest BCUT2D eigenvalue weighted by atomic mass is 9.77. The predicted octanol–water partition coefficient (Wildman–Crippen LogP) is 2.47. The van der Waals surface area contributed by atoms with Crippen molar-refractivity contribution in [2.24, 2.45) is 0 Å². The number of rotatable bonds is 5. The van der Waals surface area contributed by atoms with Crippen LogP contribution in [0.15, 0.2) is 12.3 Å². The van der Waals surface area contributed by atoms with E-state index >= 15 is 0 Å². The number of aryl methyl sites for hydroxylation is 2. The zero-order chi connectivity index (χ0) is 17.4. The second kappa shape index (κ2) is 6.24. The molecule has 0 bridgehead atoms. The summed E-state index contributed by atoms with van der Waals surface area (Å²) < 4.78 is 4.27. The van der Waals surface area contributed by atoms with Crippen LogP contribution in [0.25, 0.3) is 0 Å². The number of nitrogens with zero attached hydrogens (tertiary/aromatic N) is 6. The molecule has 2 aromatic heterocycles. The van der Waals surface area contributed by atoms with Crippen LogP contribution in [0, 0.1) is 25.2 Å². The number of aromatic nitrogens is 3. The highest BCUT2D eigenvalue weighted by Crippen LogP contribution is 2.41. The fourth-order valence-electron chi connectivity index (χ4n) is 3.64. The molecule has 2 aliphatic heterocycles. The Kier molecular flexibility index (Phi) is 4.06. The Morgan fingerprint density at radius 1 is 1.40 bits per heavy atom. The number of nitriles is 1. The molecule has 7 nitrogen and oxygen atoms in total. The third-order valence-corrected chi connectivity index (χ3v) is 5.89. The highest BCUT2D eigenvalue weighted by molar-refractivity contribution is 7.10. The summed E-state index contributed by atoms with van der Waals surface area (Å²) in [6, 6.07) is 4.24. The summed E-state index contributed by atoms with van der Waals surface area (Å²) >= 11 is 1.42. The zero-order valence-electron chi connectivity index (χ0n) is 14.5. The molecular formula is C17H21N7S. The summed E-state index contributed by atoms with van der Waals surface area (Å²) in [4.78, 5) is 13.9. The van der Waals surface area contributed by atoms with Crippen molar-refractivity contribution in [2.75, 3.05) is 36.4 Å². The fourth-order valence-corrected chi connectivity index (χ4v) is 4.29. The van der Waals surface area contributed by atoms with Gasteiger partial charge in [0.1, 0.15) is 10.8 Å². The highest BCUT2D eigenvalue weighted by Gasteiger charge is 2.53. The van der Waals surface area contributed by atoms with E-state index < -0.39 is 0 Å². The monoisotopic (exact) mass is 355 g/mol. The van der Waals surface area contributed by atoms with Crippen LogP contribution in [0.3, 0.4) is 0 Å². The van der Waals surface area contributed by atoms with Crippen molar-refractivity contribution in [1.29, 1.82) is 5.26 Å². The maximum atomic E-state index is 8.80. The van der Waals surface area contributed by atoms with Crippen LogP contribution >= 0.6 is 11.5 Å². The van der Waals surface area contributed by atoms with E-state index in [0.29, 0.717) is 12.4 Å². The summed E-state index contributed by atoms with van der Waals surface area (Å²) in [5, 5.41) is 13.0. The topological polar surface area (TPSA) is 81.0 Å². The molecule has 0 aromatic carbocycles. The number of hydrogen-bond acceptors (Lipinski definition) is 8. The molecule has 2 aromatic rings. The third-order valence-electron chi connectivity index (χ3n) is 5.09. The molecule has 1 N–H and O–H groups in total. The van der Waals surface area contributed by atoms with Crippen LogP contribution in [0.5, 0.6) is 0 Å². The minimum atomic E-state index is 0.261. The van der Waals surface area contributed by atoms with Crippen molar-refractivity contribution in [3.8, 4) is 6.07 Å². The van der Waals surface area contributed by atoms with E-state index in [-0.39, 0.29) is 5.54 Å². The molecule has 2 aliphatic rings. The van der Waals surface area contributed by atoms with E-state index in [0.717, 1.165) is 48.3 Å². The molecule has 130 valence electrons. The molecule has 4 rings (SSSR count). The third kappa shape index (κ3) is 2.94. The van der Waals surface area contributed by atoms with Crippen molar-refractivity contribution in [2.45, 2.75) is 32.2 Å². The smallest absolute Gasteiger partial charge is 0.229 e. The maximum absolute atomic E-state index is 8.80. The van der Waals surface area contributed by atoms with Gasteiger partial charge in [0, 0.05) is 44.4 Å². The molecule has 2 saturated heterocycles. The normalized spacial score (nSPS) is 18.5. The first-order valence-electron chi connectivity index (χ1n) is 8.51. The second-order valence-electron chi connectivity index (χ2n) is 6.88. The van der Waals surface area contributed by atoms with Crippen LogP contribution in [0.1, 0.15) is 24.1 Å². The predicted molar refractivity (Wildman–Crippen MR) is 98.3 cm³/mol. The second-order valence-corrected chi connectivity index (χ2v) is 7.69. The van der Waals surface area contributed by atoms with Gasteiger partial charge in [-0.2, -0.15) is 14.6 Å². The molecular weight excluding hydrogens is 334 g/mol. The zero-order valence-corrected chi connectivity index (χ0v) is 15.3. The van der Waals surface area contributed by atoms with E-state index in [1.54, 1.807) is 0 Å². The Labute approximate surface area is 151 Å². The molecule has 0 aliphatic carbocycles. The summed E-state index contributed by atoms with van der Waals surface area (Å²) in [6.07, 6.45) is 3.69. The summed E-state index contributed by atoms with van der Waals surface area (Å²) in [6.45, 7) is 7.97. The minimum Gasteiger partial charge on any atom is -0.352 e. The molecule has 0 saturated carbocycles. The van der Waals surface area contributed by atoms with Gasteiger partial charge in [0.2, 0.25) is 5.95 Å². The molecule has 4 heterocycles. The van der Waals surface area contributed by atoms with Crippen molar-refractivity contribution >= 4 is 28.3 Å². The van der Waals surface area contributed by atoms with Crippen LogP contribution in [0.2, 0.25) is 0 Å². The molecule has 0 unspecified atom stereocenters. The van der Waals surface area contributed by atoms with Crippen molar-refractivity contribution < 1.29 is 0 Å². The lowest BCUT2D eigenvalue weighted by molar-refractivity contribution is -0.0345. The lowest BCUT2D eigenvalue weighted by Gasteiger charge is -2.63. The van der Waals surface area contributed by atoms with Gasteiger partial charge in [0.05, 0.1) is 17.3 Å². The van der Waals surface area contributed by atoms with Gasteiger partial charge in [-0.15, -0.1) is 0 Å². The average Bonchev–Trinajstić information content (AvgIpc) is 2.93. The van der Waals surface area contributed by atoms with E-state index in [2.05, 4.69) is 37.5 Å². The van der Waals surface area contributed by atoms with Crippen molar-refractivity contribution in [3.63, 3.8) is 0 Å². The van der Waals surface area contributed by atoms with E-state index in [1.165, 1.54) is 18.0 Å². The summed E-state index contributed by atoms with van der Waals surface area (Å²) in [5.74, 6) is 1.61. The SMILES string of the molecule is Cc1cc(Nc2ncc(C)c(N3CC4(CCN4CCC#N)C3)n2)sn1. The molecule has 0 amide bonds. The highest BCUT2D eigenvalue weighted by atomic mass is 32.1. The number of nitrogens with one attached hydrogen (secondary N) is 1. The van der Waals surface area contributed by atoms with Crippen molar-refractivity contribution in [3.05, 3.63) is 23.5 Å². The minimum absolute atomic E-state index is 0.261. The molecule has 25 heavy (non-hydrogen) atoms. The Bertz CT molecular complexity index is 819. The maximum Gasteiger partial charge on any atom is 0.229 e. The molecule has 0 radical (unpaired) electrons. The van der Waals surface area contributed by atoms with Gasteiger partial charge in [0.25, 0.3) is 0 Å². The summed E-state index contributed by atoms with van der Waals surface area (Å²) in [7, 11) is 0. The standard InChI is InChI=1S/C17H21N7S/c1-12-9-19-16(20-14-8-13(2)22-25-14)21-15(12)23-10-17(11-23)4-7-24(17)6-3-5-18/h8-9H,3-4,6-7,10-11H2,1-2H3,(H,19,20,21). The van der Waals surface area contributed by atoms with Crippen LogP contribution in [-0.4, -0.2) is 51.0 Å². The van der Waals surface area contributed by atoms with Gasteiger partial charge in [-0.1, -0.05) is 0 Å². The Hall–Kier alpha value is -2.24. The first kappa shape index (κ1) is 16.2. The lowest BCUT2D eigenvalue weighted by Crippen LogP contribution is -2.77. The number of hydrogen-bond donors (Lipinski definition) is 1. The van der Waals surface area contributed by atoms with Crippen LogP contribution in [-0.2, 0) is 0 Å². The number of anilines is 3. The molecule has 8 heteroatoms. The van der Waals surface area contributed by atoms with Crippen LogP contribution in [0.4, 0.5) is 16.8 Å². The number of likely N-dealkylation sites (tertiary alicyclic amines) is 1. The fraction of sp³-hybridized carbons (Fsp3) is 0.529. The van der Waals surface area contributed by atoms with Crippen molar-refractivity contribution in [1.82, 2.24) is 19.2 Å². The van der Waals surface area contributed by atoms with Gasteiger partial charge in [-0.3, -0.25) is 4.90 Å². The molecule has 1 spiro atoms. The first-order chi connectivity index (χ1) is 12.1. The van der Waals surface area contributed by atoms with E-state index in [9.17, 15) is 0 Å². The average molecular weight is 355 g/mol. The van der Waals surface area contributed by atoms with Gasteiger partial charge in [-0.25, -0.2) is 4.98 Å². The van der Waals surface area contributed by atoms with Gasteiger partial charge < -0.3 is 10.2 Å². The first-order valence-corrected chi connectivity index (χ1v) is 9.28. The van der Waals surface area contributed by atoms with E-state index in [4.69, 9.17) is 10.2 Å².